The van der Waals surface area contributed by atoms with Crippen molar-refractivity contribution in [2.75, 3.05) is 19.7 Å². The molecule has 0 aliphatic carbocycles. The van der Waals surface area contributed by atoms with E-state index in [0.717, 1.165) is 36.1 Å². The number of rotatable bonds is 2. The lowest BCUT2D eigenvalue weighted by Crippen LogP contribution is -2.46. The van der Waals surface area contributed by atoms with Gasteiger partial charge in [-0.15, -0.1) is 0 Å². The number of nitrogens with zero attached hydrogens (tertiary/aromatic N) is 1. The summed E-state index contributed by atoms with van der Waals surface area (Å²) >= 11 is 6.10. The molecule has 0 saturated carbocycles. The highest BCUT2D eigenvalue weighted by Gasteiger charge is 2.23. The van der Waals surface area contributed by atoms with E-state index < -0.39 is 6.10 Å². The Labute approximate surface area is 128 Å². The zero-order chi connectivity index (χ0) is 14.8. The first-order valence-electron chi connectivity index (χ1n) is 7.28. The number of aliphatic hydroxyl groups is 1. The Hall–Kier alpha value is -1.46. The summed E-state index contributed by atoms with van der Waals surface area (Å²) in [5, 5.41) is 13.2. The van der Waals surface area contributed by atoms with Gasteiger partial charge in [-0.2, -0.15) is 0 Å². The number of piperidine rings is 1. The third kappa shape index (κ3) is 3.24. The van der Waals surface area contributed by atoms with Crippen LogP contribution in [0.3, 0.4) is 0 Å². The molecule has 6 heteroatoms. The molecule has 0 spiro atoms. The van der Waals surface area contributed by atoms with Gasteiger partial charge in [-0.1, -0.05) is 11.6 Å². The zero-order valence-electron chi connectivity index (χ0n) is 11.8. The molecule has 5 nitrogen and oxygen atoms in total. The monoisotopic (exact) mass is 310 g/mol. The average molecular weight is 311 g/mol. The van der Waals surface area contributed by atoms with Crippen LogP contribution < -0.4 is 10.1 Å². The number of halogens is 1. The van der Waals surface area contributed by atoms with Crippen molar-refractivity contribution in [3.05, 3.63) is 28.3 Å². The number of hydrogen-bond donors (Lipinski definition) is 2. The molecule has 2 N–H and O–H groups in total. The van der Waals surface area contributed by atoms with Crippen LogP contribution in [0.4, 0.5) is 4.79 Å². The van der Waals surface area contributed by atoms with Crippen LogP contribution in [0.1, 0.15) is 24.0 Å². The summed E-state index contributed by atoms with van der Waals surface area (Å²) in [7, 11) is 0. The first-order chi connectivity index (χ1) is 10.1. The van der Waals surface area contributed by atoms with E-state index in [4.69, 9.17) is 16.3 Å². The number of amides is 2. The normalized spacial score (nSPS) is 20.9. The highest BCUT2D eigenvalue weighted by molar-refractivity contribution is 6.30. The summed E-state index contributed by atoms with van der Waals surface area (Å²) in [6, 6.07) is 3.59. The van der Waals surface area contributed by atoms with Crippen molar-refractivity contribution in [2.45, 2.75) is 31.9 Å². The molecule has 1 saturated heterocycles. The number of nitrogens with one attached hydrogen (secondary N) is 1. The summed E-state index contributed by atoms with van der Waals surface area (Å²) in [5.74, 6) is 0.846. The van der Waals surface area contributed by atoms with Gasteiger partial charge < -0.3 is 20.1 Å². The molecular formula is C15H19ClN2O3. The van der Waals surface area contributed by atoms with Crippen molar-refractivity contribution in [1.82, 2.24) is 10.2 Å². The molecule has 2 heterocycles. The fourth-order valence-corrected chi connectivity index (χ4v) is 3.16. The van der Waals surface area contributed by atoms with Crippen LogP contribution in [-0.2, 0) is 13.0 Å². The minimum Gasteiger partial charge on any atom is -0.493 e. The fourth-order valence-electron chi connectivity index (χ4n) is 2.90. The topological polar surface area (TPSA) is 61.8 Å². The molecule has 21 heavy (non-hydrogen) atoms. The van der Waals surface area contributed by atoms with Crippen LogP contribution in [-0.4, -0.2) is 41.8 Å². The number of hydrogen-bond acceptors (Lipinski definition) is 3. The van der Waals surface area contributed by atoms with E-state index in [1.165, 1.54) is 0 Å². The second-order valence-electron chi connectivity index (χ2n) is 5.55. The maximum Gasteiger partial charge on any atom is 0.317 e. The Morgan fingerprint density at radius 1 is 1.52 bits per heavy atom. The summed E-state index contributed by atoms with van der Waals surface area (Å²) in [4.78, 5) is 13.8. The Morgan fingerprint density at radius 2 is 2.38 bits per heavy atom. The second-order valence-corrected chi connectivity index (χ2v) is 5.99. The fraction of sp³-hybridized carbons (Fsp3) is 0.533. The first-order valence-corrected chi connectivity index (χ1v) is 7.66. The smallest absolute Gasteiger partial charge is 0.317 e. The molecule has 0 radical (unpaired) electrons. The maximum absolute atomic E-state index is 12.1. The summed E-state index contributed by atoms with van der Waals surface area (Å²) < 4.78 is 5.62. The van der Waals surface area contributed by atoms with Gasteiger partial charge in [0.15, 0.2) is 0 Å². The highest BCUT2D eigenvalue weighted by atomic mass is 35.5. The molecule has 1 aromatic rings. The third-order valence-electron chi connectivity index (χ3n) is 3.94. The molecule has 3 rings (SSSR count). The molecule has 0 bridgehead atoms. The molecule has 114 valence electrons. The Morgan fingerprint density at radius 3 is 3.19 bits per heavy atom. The molecule has 2 aliphatic heterocycles. The number of fused-ring (bicyclic) bond motifs is 1. The predicted octanol–water partition coefficient (Wildman–Crippen LogP) is 1.94. The van der Waals surface area contributed by atoms with Gasteiger partial charge in [0.25, 0.3) is 0 Å². The number of carbonyl (C=O) groups excluding carboxylic acids is 1. The SMILES string of the molecule is O=C(NCc1cc(Cl)cc2c1OCC2)N1CCC[C@@H](O)C1. The molecule has 1 aromatic carbocycles. The van der Waals surface area contributed by atoms with Gasteiger partial charge in [-0.25, -0.2) is 4.79 Å². The summed E-state index contributed by atoms with van der Waals surface area (Å²) in [6.07, 6.45) is 2.04. The highest BCUT2D eigenvalue weighted by Crippen LogP contribution is 2.32. The average Bonchev–Trinajstić information content (AvgIpc) is 2.92. The summed E-state index contributed by atoms with van der Waals surface area (Å²) in [5.41, 5.74) is 2.00. The van der Waals surface area contributed by atoms with Gasteiger partial charge in [0, 0.05) is 36.6 Å². The van der Waals surface area contributed by atoms with Gasteiger partial charge in [0.2, 0.25) is 0 Å². The van der Waals surface area contributed by atoms with E-state index in [1.54, 1.807) is 4.90 Å². The Bertz CT molecular complexity index is 550. The zero-order valence-corrected chi connectivity index (χ0v) is 12.5. The molecule has 2 amide bonds. The van der Waals surface area contributed by atoms with E-state index in [0.29, 0.717) is 31.3 Å². The molecule has 0 unspecified atom stereocenters. The van der Waals surface area contributed by atoms with Crippen LogP contribution >= 0.6 is 11.6 Å². The quantitative estimate of drug-likeness (QED) is 0.877. The van der Waals surface area contributed by atoms with Gasteiger partial charge in [0.05, 0.1) is 12.7 Å². The number of likely N-dealkylation sites (tertiary alicyclic amines) is 1. The number of aliphatic hydroxyl groups excluding tert-OH is 1. The van der Waals surface area contributed by atoms with E-state index >= 15 is 0 Å². The van der Waals surface area contributed by atoms with Crippen LogP contribution in [0, 0.1) is 0 Å². The lowest BCUT2D eigenvalue weighted by atomic mass is 10.1. The van der Waals surface area contributed by atoms with E-state index in [1.807, 2.05) is 12.1 Å². The Kier molecular flexibility index (Phi) is 4.22. The predicted molar refractivity (Wildman–Crippen MR) is 79.7 cm³/mol. The van der Waals surface area contributed by atoms with Crippen LogP contribution in [0.2, 0.25) is 5.02 Å². The van der Waals surface area contributed by atoms with E-state index in [9.17, 15) is 9.90 Å². The molecule has 0 aromatic heterocycles. The minimum absolute atomic E-state index is 0.152. The third-order valence-corrected chi connectivity index (χ3v) is 4.16. The molecular weight excluding hydrogens is 292 g/mol. The van der Waals surface area contributed by atoms with Crippen molar-refractivity contribution < 1.29 is 14.6 Å². The van der Waals surface area contributed by atoms with E-state index in [-0.39, 0.29) is 6.03 Å². The van der Waals surface area contributed by atoms with E-state index in [2.05, 4.69) is 5.32 Å². The van der Waals surface area contributed by atoms with Gasteiger partial charge in [0.1, 0.15) is 5.75 Å². The minimum atomic E-state index is -0.414. The second kappa shape index (κ2) is 6.12. The first kappa shape index (κ1) is 14.5. The van der Waals surface area contributed by atoms with Crippen molar-refractivity contribution >= 4 is 17.6 Å². The number of benzene rings is 1. The van der Waals surface area contributed by atoms with Crippen molar-refractivity contribution in [1.29, 1.82) is 0 Å². The number of β-amino-alcohol motifs (C(OH)–C–C–N with tert-alkyl or cyclic N) is 1. The maximum atomic E-state index is 12.1. The Balaban J connectivity index is 1.64. The number of carbonyl (C=O) groups is 1. The largest absolute Gasteiger partial charge is 0.493 e. The molecule has 1 atom stereocenters. The van der Waals surface area contributed by atoms with Gasteiger partial charge in [-0.3, -0.25) is 0 Å². The van der Waals surface area contributed by atoms with Gasteiger partial charge >= 0.3 is 6.03 Å². The van der Waals surface area contributed by atoms with Gasteiger partial charge in [-0.05, 0) is 30.5 Å². The van der Waals surface area contributed by atoms with Crippen molar-refractivity contribution in [2.24, 2.45) is 0 Å². The lowest BCUT2D eigenvalue weighted by Gasteiger charge is -2.30. The van der Waals surface area contributed by atoms with Crippen molar-refractivity contribution in [3.8, 4) is 5.75 Å². The molecule has 2 aliphatic rings. The summed E-state index contributed by atoms with van der Waals surface area (Å²) in [6.45, 7) is 2.13. The van der Waals surface area contributed by atoms with Crippen molar-refractivity contribution in [3.63, 3.8) is 0 Å². The van der Waals surface area contributed by atoms with Crippen LogP contribution in [0.15, 0.2) is 12.1 Å². The lowest BCUT2D eigenvalue weighted by molar-refractivity contribution is 0.0841. The molecule has 1 fully saturated rings. The van der Waals surface area contributed by atoms with Crippen LogP contribution in [0.25, 0.3) is 0 Å². The standard InChI is InChI=1S/C15H19ClN2O3/c16-12-6-10-3-5-21-14(10)11(7-12)8-17-15(20)18-4-1-2-13(19)9-18/h6-7,13,19H,1-5,8-9H2,(H,17,20)/t13-/m1/s1. The number of ether oxygens (including phenoxy) is 1. The van der Waals surface area contributed by atoms with Crippen LogP contribution in [0.5, 0.6) is 5.75 Å². The number of urea groups is 1.